The number of nitrogens with one attached hydrogen (secondary N) is 1. The molecule has 0 unspecified atom stereocenters. The minimum atomic E-state index is -0.439. The van der Waals surface area contributed by atoms with E-state index in [2.05, 4.69) is 10.3 Å². The number of aryl methyl sites for hydroxylation is 2. The van der Waals surface area contributed by atoms with Gasteiger partial charge in [-0.15, -0.1) is 22.7 Å². The van der Waals surface area contributed by atoms with Crippen LogP contribution in [0.4, 0.5) is 5.00 Å². The van der Waals surface area contributed by atoms with Gasteiger partial charge in [-0.1, -0.05) is 6.07 Å². The fourth-order valence-electron chi connectivity index (χ4n) is 2.57. The molecular weight excluding hydrogens is 368 g/mol. The van der Waals surface area contributed by atoms with Crippen LogP contribution in [0.15, 0.2) is 35.0 Å². The quantitative estimate of drug-likeness (QED) is 0.632. The lowest BCUT2D eigenvalue weighted by Crippen LogP contribution is -2.16. The van der Waals surface area contributed by atoms with Gasteiger partial charge in [-0.3, -0.25) is 9.78 Å². The van der Waals surface area contributed by atoms with Gasteiger partial charge in [0.25, 0.3) is 5.91 Å². The maximum Gasteiger partial charge on any atom is 0.341 e. The molecule has 0 aromatic carbocycles. The Balaban J connectivity index is 1.97. The zero-order valence-electron chi connectivity index (χ0n) is 14.7. The molecule has 0 fully saturated rings. The number of carbonyl (C=O) groups is 2. The molecule has 0 spiro atoms. The minimum absolute atomic E-state index is 0.271. The van der Waals surface area contributed by atoms with Crippen LogP contribution in [-0.4, -0.2) is 23.5 Å². The Hall–Kier alpha value is -2.51. The lowest BCUT2D eigenvalue weighted by molar-refractivity contribution is 0.0529. The van der Waals surface area contributed by atoms with E-state index in [9.17, 15) is 9.59 Å². The van der Waals surface area contributed by atoms with E-state index in [4.69, 9.17) is 4.74 Å². The van der Waals surface area contributed by atoms with Gasteiger partial charge in [0.05, 0.1) is 17.9 Å². The SMILES string of the molecule is CCOC(=O)c1c(-c2cccs2)csc1NC(=O)c1ccc(C)nc1C. The maximum absolute atomic E-state index is 12.7. The fourth-order valence-corrected chi connectivity index (χ4v) is 4.33. The molecule has 3 rings (SSSR count). The van der Waals surface area contributed by atoms with Crippen molar-refractivity contribution in [2.24, 2.45) is 0 Å². The smallest absolute Gasteiger partial charge is 0.341 e. The van der Waals surface area contributed by atoms with Crippen molar-refractivity contribution in [3.63, 3.8) is 0 Å². The number of rotatable bonds is 5. The monoisotopic (exact) mass is 386 g/mol. The third kappa shape index (κ3) is 3.68. The first-order valence-corrected chi connectivity index (χ1v) is 9.85. The first-order valence-electron chi connectivity index (χ1n) is 8.09. The number of esters is 1. The molecule has 3 aromatic rings. The Bertz CT molecular complexity index is 946. The second-order valence-corrected chi connectivity index (χ2v) is 7.42. The van der Waals surface area contributed by atoms with E-state index < -0.39 is 5.97 Å². The number of thiophene rings is 2. The van der Waals surface area contributed by atoms with E-state index in [-0.39, 0.29) is 12.5 Å². The normalized spacial score (nSPS) is 10.6. The Labute approximate surface area is 159 Å². The van der Waals surface area contributed by atoms with Gasteiger partial charge in [-0.05, 0) is 44.4 Å². The van der Waals surface area contributed by atoms with E-state index >= 15 is 0 Å². The van der Waals surface area contributed by atoms with Crippen LogP contribution in [0.3, 0.4) is 0 Å². The average Bonchev–Trinajstić information content (AvgIpc) is 3.24. The van der Waals surface area contributed by atoms with Crippen LogP contribution in [0.1, 0.15) is 39.0 Å². The van der Waals surface area contributed by atoms with Crippen LogP contribution >= 0.6 is 22.7 Å². The highest BCUT2D eigenvalue weighted by Crippen LogP contribution is 2.38. The van der Waals surface area contributed by atoms with E-state index in [1.165, 1.54) is 22.7 Å². The minimum Gasteiger partial charge on any atom is -0.462 e. The third-order valence-electron chi connectivity index (χ3n) is 3.75. The van der Waals surface area contributed by atoms with Crippen molar-refractivity contribution in [1.82, 2.24) is 4.98 Å². The van der Waals surface area contributed by atoms with Crippen LogP contribution in [-0.2, 0) is 4.74 Å². The second-order valence-electron chi connectivity index (χ2n) is 5.59. The first kappa shape index (κ1) is 18.3. The van der Waals surface area contributed by atoms with Crippen LogP contribution in [0.25, 0.3) is 10.4 Å². The molecule has 3 heterocycles. The number of carbonyl (C=O) groups excluding carboxylic acids is 2. The molecule has 0 bridgehead atoms. The zero-order chi connectivity index (χ0) is 18.7. The van der Waals surface area contributed by atoms with Crippen molar-refractivity contribution in [2.45, 2.75) is 20.8 Å². The average molecular weight is 386 g/mol. The number of hydrogen-bond acceptors (Lipinski definition) is 6. The van der Waals surface area contributed by atoms with Gasteiger partial charge in [0.1, 0.15) is 10.6 Å². The molecule has 0 saturated heterocycles. The number of amides is 1. The molecular formula is C19H18N2O3S2. The highest BCUT2D eigenvalue weighted by atomic mass is 32.1. The summed E-state index contributed by atoms with van der Waals surface area (Å²) in [5.41, 5.74) is 3.15. The zero-order valence-corrected chi connectivity index (χ0v) is 16.3. The number of hydrogen-bond donors (Lipinski definition) is 1. The number of ether oxygens (including phenoxy) is 1. The molecule has 7 heteroatoms. The summed E-state index contributed by atoms with van der Waals surface area (Å²) in [4.78, 5) is 30.5. The predicted molar refractivity (Wildman–Crippen MR) is 105 cm³/mol. The van der Waals surface area contributed by atoms with Gasteiger partial charge >= 0.3 is 5.97 Å². The van der Waals surface area contributed by atoms with E-state index in [1.54, 1.807) is 26.0 Å². The summed E-state index contributed by atoms with van der Waals surface area (Å²) >= 11 is 2.85. The van der Waals surface area contributed by atoms with E-state index in [0.717, 1.165) is 16.1 Å². The summed E-state index contributed by atoms with van der Waals surface area (Å²) in [5, 5.41) is 7.15. The molecule has 0 aliphatic carbocycles. The molecule has 0 aliphatic heterocycles. The van der Waals surface area contributed by atoms with Crippen molar-refractivity contribution in [2.75, 3.05) is 11.9 Å². The van der Waals surface area contributed by atoms with Gasteiger partial charge in [-0.25, -0.2) is 4.79 Å². The molecule has 26 heavy (non-hydrogen) atoms. The lowest BCUT2D eigenvalue weighted by atomic mass is 10.1. The molecule has 5 nitrogen and oxygen atoms in total. The van der Waals surface area contributed by atoms with E-state index in [0.29, 0.717) is 21.8 Å². The second kappa shape index (κ2) is 7.80. The number of nitrogens with zero attached hydrogens (tertiary/aromatic N) is 1. The van der Waals surface area contributed by atoms with Gasteiger partial charge in [0.2, 0.25) is 0 Å². The van der Waals surface area contributed by atoms with Gasteiger partial charge in [-0.2, -0.15) is 0 Å². The Morgan fingerprint density at radius 3 is 2.65 bits per heavy atom. The van der Waals surface area contributed by atoms with Gasteiger partial charge < -0.3 is 10.1 Å². The lowest BCUT2D eigenvalue weighted by Gasteiger charge is -2.09. The van der Waals surface area contributed by atoms with Crippen LogP contribution in [0.2, 0.25) is 0 Å². The number of aromatic nitrogens is 1. The van der Waals surface area contributed by atoms with Crippen LogP contribution in [0.5, 0.6) is 0 Å². The molecule has 0 atom stereocenters. The topological polar surface area (TPSA) is 68.3 Å². The first-order chi connectivity index (χ1) is 12.5. The summed E-state index contributed by atoms with van der Waals surface area (Å²) in [5.74, 6) is -0.730. The van der Waals surface area contributed by atoms with Crippen molar-refractivity contribution >= 4 is 39.6 Å². The van der Waals surface area contributed by atoms with Crippen molar-refractivity contribution in [1.29, 1.82) is 0 Å². The predicted octanol–water partition coefficient (Wildman–Crippen LogP) is 4.92. The number of anilines is 1. The summed E-state index contributed by atoms with van der Waals surface area (Å²) in [7, 11) is 0. The van der Waals surface area contributed by atoms with E-state index in [1.807, 2.05) is 29.8 Å². The van der Waals surface area contributed by atoms with Crippen LogP contribution in [0, 0.1) is 13.8 Å². The molecule has 134 valence electrons. The van der Waals surface area contributed by atoms with Crippen molar-refractivity contribution in [3.8, 4) is 10.4 Å². The maximum atomic E-state index is 12.7. The summed E-state index contributed by atoms with van der Waals surface area (Å²) in [6.45, 7) is 5.70. The van der Waals surface area contributed by atoms with Gasteiger partial charge in [0.15, 0.2) is 0 Å². The molecule has 3 aromatic heterocycles. The molecule has 0 saturated carbocycles. The highest BCUT2D eigenvalue weighted by Gasteiger charge is 2.24. The van der Waals surface area contributed by atoms with Gasteiger partial charge in [0, 0.05) is 21.5 Å². The number of pyridine rings is 1. The third-order valence-corrected chi connectivity index (χ3v) is 5.55. The van der Waals surface area contributed by atoms with Crippen molar-refractivity contribution in [3.05, 3.63) is 57.5 Å². The molecule has 0 radical (unpaired) electrons. The Morgan fingerprint density at radius 1 is 1.19 bits per heavy atom. The standard InChI is InChI=1S/C19H18N2O3S2/c1-4-24-19(23)16-14(15-6-5-9-25-15)10-26-18(16)21-17(22)13-8-7-11(2)20-12(13)3/h5-10H,4H2,1-3H3,(H,21,22). The highest BCUT2D eigenvalue weighted by molar-refractivity contribution is 7.17. The van der Waals surface area contributed by atoms with Crippen molar-refractivity contribution < 1.29 is 14.3 Å². The Morgan fingerprint density at radius 2 is 2.00 bits per heavy atom. The Kier molecular flexibility index (Phi) is 5.49. The largest absolute Gasteiger partial charge is 0.462 e. The summed E-state index contributed by atoms with van der Waals surface area (Å²) in [6.07, 6.45) is 0. The molecule has 0 aliphatic rings. The fraction of sp³-hybridized carbons (Fsp3) is 0.211. The molecule has 1 amide bonds. The summed E-state index contributed by atoms with van der Waals surface area (Å²) < 4.78 is 5.20. The summed E-state index contributed by atoms with van der Waals surface area (Å²) in [6, 6.07) is 7.39. The molecule has 1 N–H and O–H groups in total. The van der Waals surface area contributed by atoms with Crippen LogP contribution < -0.4 is 5.32 Å².